The summed E-state index contributed by atoms with van der Waals surface area (Å²) >= 11 is 0. The highest BCUT2D eigenvalue weighted by atomic mass is 16.5. The number of carbonyl (C=O) groups is 2. The molecule has 0 fully saturated rings. The number of hydrogen-bond donors (Lipinski definition) is 1. The van der Waals surface area contributed by atoms with E-state index in [-0.39, 0.29) is 18.7 Å². The van der Waals surface area contributed by atoms with Gasteiger partial charge in [-0.2, -0.15) is 0 Å². The number of para-hydroxylation sites is 2. The van der Waals surface area contributed by atoms with Crippen molar-refractivity contribution in [2.45, 2.75) is 12.8 Å². The molecule has 0 unspecified atom stereocenters. The molecule has 1 aromatic carbocycles. The zero-order chi connectivity index (χ0) is 12.0. The predicted molar refractivity (Wildman–Crippen MR) is 55.9 cm³/mol. The van der Waals surface area contributed by atoms with Crippen LogP contribution < -0.4 is 15.2 Å². The molecule has 0 aliphatic carbocycles. The molecule has 1 N–H and O–H groups in total. The fourth-order valence-electron chi connectivity index (χ4n) is 1.18. The van der Waals surface area contributed by atoms with Gasteiger partial charge in [0.15, 0.2) is 0 Å². The summed E-state index contributed by atoms with van der Waals surface area (Å²) in [6.45, 7) is 0. The first kappa shape index (κ1) is 12.0. The van der Waals surface area contributed by atoms with E-state index in [0.717, 1.165) is 0 Å². The Morgan fingerprint density at radius 3 is 2.62 bits per heavy atom. The van der Waals surface area contributed by atoms with Crippen LogP contribution in [-0.4, -0.2) is 19.0 Å². The van der Waals surface area contributed by atoms with Crippen LogP contribution in [0.4, 0.5) is 5.69 Å². The van der Waals surface area contributed by atoms with Gasteiger partial charge in [0.05, 0.1) is 12.8 Å². The van der Waals surface area contributed by atoms with Crippen molar-refractivity contribution in [3.05, 3.63) is 24.3 Å². The maximum absolute atomic E-state index is 11.3. The van der Waals surface area contributed by atoms with Crippen molar-refractivity contribution in [2.75, 3.05) is 12.4 Å². The number of nitrogens with one attached hydrogen (secondary N) is 1. The number of methoxy groups -OCH3 is 1. The molecule has 0 aromatic heterocycles. The maximum atomic E-state index is 11.3. The Bertz CT molecular complexity index is 389. The van der Waals surface area contributed by atoms with Gasteiger partial charge in [-0.3, -0.25) is 4.79 Å². The summed E-state index contributed by atoms with van der Waals surface area (Å²) in [5, 5.41) is 12.7. The lowest BCUT2D eigenvalue weighted by molar-refractivity contribution is -0.305. The average Bonchev–Trinajstić information content (AvgIpc) is 2.27. The van der Waals surface area contributed by atoms with Crippen molar-refractivity contribution in [1.29, 1.82) is 0 Å². The number of anilines is 1. The number of carboxylic acids is 1. The van der Waals surface area contributed by atoms with Gasteiger partial charge in [0, 0.05) is 12.4 Å². The van der Waals surface area contributed by atoms with E-state index in [2.05, 4.69) is 5.32 Å². The van der Waals surface area contributed by atoms with Crippen molar-refractivity contribution in [1.82, 2.24) is 0 Å². The molecule has 5 heteroatoms. The fourth-order valence-corrected chi connectivity index (χ4v) is 1.18. The summed E-state index contributed by atoms with van der Waals surface area (Å²) in [5.41, 5.74) is 0.522. The molecular weight excluding hydrogens is 210 g/mol. The molecule has 0 heterocycles. The molecule has 0 spiro atoms. The van der Waals surface area contributed by atoms with Crippen molar-refractivity contribution < 1.29 is 19.4 Å². The van der Waals surface area contributed by atoms with Crippen LogP contribution >= 0.6 is 0 Å². The van der Waals surface area contributed by atoms with E-state index in [1.54, 1.807) is 24.3 Å². The lowest BCUT2D eigenvalue weighted by Crippen LogP contribution is -2.24. The second-order valence-corrected chi connectivity index (χ2v) is 3.12. The summed E-state index contributed by atoms with van der Waals surface area (Å²) < 4.78 is 5.03. The lowest BCUT2D eigenvalue weighted by Gasteiger charge is -2.09. The molecule has 0 aliphatic heterocycles. The van der Waals surface area contributed by atoms with E-state index >= 15 is 0 Å². The van der Waals surface area contributed by atoms with E-state index in [1.807, 2.05) is 0 Å². The zero-order valence-electron chi connectivity index (χ0n) is 8.86. The van der Waals surface area contributed by atoms with Crippen LogP contribution in [0.15, 0.2) is 24.3 Å². The molecule has 0 radical (unpaired) electrons. The molecule has 0 atom stereocenters. The van der Waals surface area contributed by atoms with Gasteiger partial charge in [-0.1, -0.05) is 12.1 Å². The monoisotopic (exact) mass is 222 g/mol. The summed E-state index contributed by atoms with van der Waals surface area (Å²) in [6.07, 6.45) is -0.401. The normalized spacial score (nSPS) is 9.56. The van der Waals surface area contributed by atoms with Crippen molar-refractivity contribution in [3.8, 4) is 5.75 Å². The average molecular weight is 222 g/mol. The van der Waals surface area contributed by atoms with Gasteiger partial charge in [0.1, 0.15) is 5.75 Å². The van der Waals surface area contributed by atoms with Crippen LogP contribution in [0.25, 0.3) is 0 Å². The SMILES string of the molecule is COc1ccccc1NC(=O)CCC(=O)[O-]. The van der Waals surface area contributed by atoms with Gasteiger partial charge in [0.25, 0.3) is 0 Å². The highest BCUT2D eigenvalue weighted by Gasteiger charge is 2.06. The molecule has 0 saturated heterocycles. The first-order chi connectivity index (χ1) is 7.63. The summed E-state index contributed by atoms with van der Waals surface area (Å²) in [4.78, 5) is 21.5. The highest BCUT2D eigenvalue weighted by Crippen LogP contribution is 2.23. The standard InChI is InChI=1S/C11H13NO4/c1-16-9-5-3-2-4-8(9)12-10(13)6-7-11(14)15/h2-5H,6-7H2,1H3,(H,12,13)(H,14,15)/p-1. The van der Waals surface area contributed by atoms with Gasteiger partial charge in [-0.05, 0) is 18.6 Å². The smallest absolute Gasteiger partial charge is 0.224 e. The number of ether oxygens (including phenoxy) is 1. The fraction of sp³-hybridized carbons (Fsp3) is 0.273. The largest absolute Gasteiger partial charge is 0.550 e. The van der Waals surface area contributed by atoms with Gasteiger partial charge in [-0.25, -0.2) is 0 Å². The van der Waals surface area contributed by atoms with Crippen LogP contribution in [0, 0.1) is 0 Å². The molecule has 0 saturated carbocycles. The number of carboxylic acid groups (broad SMARTS) is 1. The van der Waals surface area contributed by atoms with E-state index in [4.69, 9.17) is 4.74 Å². The van der Waals surface area contributed by atoms with Gasteiger partial charge in [-0.15, -0.1) is 0 Å². The van der Waals surface area contributed by atoms with Crippen molar-refractivity contribution in [3.63, 3.8) is 0 Å². The van der Waals surface area contributed by atoms with E-state index in [9.17, 15) is 14.7 Å². The minimum Gasteiger partial charge on any atom is -0.550 e. The third kappa shape index (κ3) is 3.61. The van der Waals surface area contributed by atoms with Crippen LogP contribution in [0.5, 0.6) is 5.75 Å². The quantitative estimate of drug-likeness (QED) is 0.769. The molecule has 0 aliphatic rings. The van der Waals surface area contributed by atoms with Gasteiger partial charge in [0.2, 0.25) is 5.91 Å². The molecule has 1 rings (SSSR count). The third-order valence-corrected chi connectivity index (χ3v) is 1.94. The molecule has 86 valence electrons. The van der Waals surface area contributed by atoms with Crippen molar-refractivity contribution >= 4 is 17.6 Å². The molecule has 1 aromatic rings. The Morgan fingerprint density at radius 1 is 1.31 bits per heavy atom. The second kappa shape index (κ2) is 5.75. The molecule has 16 heavy (non-hydrogen) atoms. The first-order valence-corrected chi connectivity index (χ1v) is 4.76. The molecule has 1 amide bonds. The van der Waals surface area contributed by atoms with E-state index < -0.39 is 5.97 Å². The number of carbonyl (C=O) groups excluding carboxylic acids is 2. The lowest BCUT2D eigenvalue weighted by atomic mass is 10.2. The number of hydrogen-bond acceptors (Lipinski definition) is 4. The van der Waals surface area contributed by atoms with Crippen LogP contribution in [-0.2, 0) is 9.59 Å². The number of benzene rings is 1. The summed E-state index contributed by atoms with van der Waals surface area (Å²) in [5.74, 6) is -1.09. The Balaban J connectivity index is 2.58. The van der Waals surface area contributed by atoms with Crippen LogP contribution in [0.2, 0.25) is 0 Å². The number of aliphatic carboxylic acids is 1. The molecular formula is C11H12NO4-. The molecule has 0 bridgehead atoms. The van der Waals surface area contributed by atoms with Gasteiger partial charge < -0.3 is 20.0 Å². The number of amides is 1. The Morgan fingerprint density at radius 2 is 2.00 bits per heavy atom. The minimum absolute atomic E-state index is 0.111. The van der Waals surface area contributed by atoms with Crippen LogP contribution in [0.1, 0.15) is 12.8 Å². The van der Waals surface area contributed by atoms with E-state index in [1.165, 1.54) is 7.11 Å². The minimum atomic E-state index is -1.24. The predicted octanol–water partition coefficient (Wildman–Crippen LogP) is 0.164. The first-order valence-electron chi connectivity index (χ1n) is 4.76. The maximum Gasteiger partial charge on any atom is 0.224 e. The van der Waals surface area contributed by atoms with Crippen LogP contribution in [0.3, 0.4) is 0 Å². The van der Waals surface area contributed by atoms with E-state index in [0.29, 0.717) is 11.4 Å². The number of rotatable bonds is 5. The highest BCUT2D eigenvalue weighted by molar-refractivity contribution is 5.93. The molecule has 5 nitrogen and oxygen atoms in total. The van der Waals surface area contributed by atoms with Gasteiger partial charge >= 0.3 is 0 Å². The second-order valence-electron chi connectivity index (χ2n) is 3.12. The summed E-state index contributed by atoms with van der Waals surface area (Å²) in [6, 6.07) is 6.90. The Hall–Kier alpha value is -2.04. The Labute approximate surface area is 93.0 Å². The van der Waals surface area contributed by atoms with Crippen molar-refractivity contribution in [2.24, 2.45) is 0 Å². The third-order valence-electron chi connectivity index (χ3n) is 1.94. The topological polar surface area (TPSA) is 78.5 Å². The zero-order valence-corrected chi connectivity index (χ0v) is 8.86. The Kier molecular flexibility index (Phi) is 4.32. The summed E-state index contributed by atoms with van der Waals surface area (Å²) in [7, 11) is 1.49.